The highest BCUT2D eigenvalue weighted by atomic mass is 79.9. The van der Waals surface area contributed by atoms with Gasteiger partial charge in [-0.15, -0.1) is 0 Å². The molecule has 0 spiro atoms. The van der Waals surface area contributed by atoms with E-state index in [-0.39, 0.29) is 30.4 Å². The zero-order valence-corrected chi connectivity index (χ0v) is 22.8. The summed E-state index contributed by atoms with van der Waals surface area (Å²) in [5.74, 6) is 0.0535. The third kappa shape index (κ3) is 8.35. The Labute approximate surface area is 211 Å². The number of carbonyl (C=O) groups is 2. The van der Waals surface area contributed by atoms with Crippen LogP contribution in [0.1, 0.15) is 59.6 Å². The Kier molecular flexibility index (Phi) is 9.00. The molecule has 0 aliphatic heterocycles. The van der Waals surface area contributed by atoms with Crippen molar-refractivity contribution >= 4 is 39.3 Å². The Morgan fingerprint density at radius 2 is 1.76 bits per heavy atom. The summed E-state index contributed by atoms with van der Waals surface area (Å²) >= 11 is 9.67. The third-order valence-corrected chi connectivity index (χ3v) is 5.91. The van der Waals surface area contributed by atoms with Gasteiger partial charge >= 0.3 is 0 Å². The molecule has 2 aromatic carbocycles. The highest BCUT2D eigenvalue weighted by molar-refractivity contribution is 9.10. The van der Waals surface area contributed by atoms with E-state index in [1.165, 1.54) is 4.90 Å². The van der Waals surface area contributed by atoms with Gasteiger partial charge in [0.05, 0.1) is 4.47 Å². The SMILES string of the molecule is C[C@H](C(=O)NC(C)(C)C)N(Cc1cccc(Cl)c1)C(=O)COc1ccc(C(C)(C)C)cc1Br. The van der Waals surface area contributed by atoms with Gasteiger partial charge in [-0.3, -0.25) is 9.59 Å². The molecular weight excluding hydrogens is 504 g/mol. The Balaban J connectivity index is 2.21. The minimum atomic E-state index is -0.689. The number of nitrogens with one attached hydrogen (secondary N) is 1. The van der Waals surface area contributed by atoms with Gasteiger partial charge in [0.1, 0.15) is 11.8 Å². The van der Waals surface area contributed by atoms with E-state index >= 15 is 0 Å². The van der Waals surface area contributed by atoms with Crippen LogP contribution in [0.15, 0.2) is 46.9 Å². The zero-order chi connectivity index (χ0) is 25.0. The number of halogens is 2. The van der Waals surface area contributed by atoms with E-state index in [1.807, 2.05) is 51.1 Å². The first-order valence-electron chi connectivity index (χ1n) is 11.0. The summed E-state index contributed by atoms with van der Waals surface area (Å²) < 4.78 is 6.62. The lowest BCUT2D eigenvalue weighted by Crippen LogP contribution is -2.53. The van der Waals surface area contributed by atoms with Crippen molar-refractivity contribution < 1.29 is 14.3 Å². The van der Waals surface area contributed by atoms with Crippen LogP contribution in [0.3, 0.4) is 0 Å². The molecule has 0 saturated heterocycles. The van der Waals surface area contributed by atoms with Gasteiger partial charge in [0.15, 0.2) is 6.61 Å². The molecule has 0 heterocycles. The van der Waals surface area contributed by atoms with Crippen LogP contribution in [0, 0.1) is 0 Å². The highest BCUT2D eigenvalue weighted by Crippen LogP contribution is 2.31. The molecule has 0 aliphatic carbocycles. The topological polar surface area (TPSA) is 58.6 Å². The molecule has 0 unspecified atom stereocenters. The van der Waals surface area contributed by atoms with Gasteiger partial charge in [-0.25, -0.2) is 0 Å². The minimum absolute atomic E-state index is 0.000470. The number of rotatable bonds is 7. The van der Waals surface area contributed by atoms with E-state index in [1.54, 1.807) is 19.1 Å². The Hall–Kier alpha value is -2.05. The third-order valence-electron chi connectivity index (χ3n) is 5.06. The maximum atomic E-state index is 13.2. The first-order valence-corrected chi connectivity index (χ1v) is 12.1. The van der Waals surface area contributed by atoms with Gasteiger partial charge in [0.25, 0.3) is 5.91 Å². The summed E-state index contributed by atoms with van der Waals surface area (Å²) in [7, 11) is 0. The smallest absolute Gasteiger partial charge is 0.261 e. The maximum Gasteiger partial charge on any atom is 0.261 e. The first kappa shape index (κ1) is 27.2. The summed E-state index contributed by atoms with van der Waals surface area (Å²) in [6.07, 6.45) is 0. The Bertz CT molecular complexity index is 996. The molecule has 2 amide bonds. The fourth-order valence-corrected chi connectivity index (χ4v) is 3.90. The molecule has 0 bridgehead atoms. The predicted molar refractivity (Wildman–Crippen MR) is 138 cm³/mol. The second-order valence-electron chi connectivity index (χ2n) is 10.3. The van der Waals surface area contributed by atoms with Gasteiger partial charge < -0.3 is 15.0 Å². The number of hydrogen-bond donors (Lipinski definition) is 1. The van der Waals surface area contributed by atoms with Crippen molar-refractivity contribution in [1.29, 1.82) is 0 Å². The molecule has 0 saturated carbocycles. The normalized spacial score (nSPS) is 12.8. The fourth-order valence-electron chi connectivity index (χ4n) is 3.20. The van der Waals surface area contributed by atoms with Crippen molar-refractivity contribution in [3.05, 3.63) is 63.1 Å². The number of hydrogen-bond acceptors (Lipinski definition) is 3. The van der Waals surface area contributed by atoms with Gasteiger partial charge in [0.2, 0.25) is 5.91 Å². The van der Waals surface area contributed by atoms with Crippen molar-refractivity contribution in [3.8, 4) is 5.75 Å². The lowest BCUT2D eigenvalue weighted by atomic mass is 9.87. The molecule has 0 fully saturated rings. The molecule has 7 heteroatoms. The summed E-state index contributed by atoms with van der Waals surface area (Å²) in [4.78, 5) is 27.6. The predicted octanol–water partition coefficient (Wildman–Crippen LogP) is 6.11. The minimum Gasteiger partial charge on any atom is -0.483 e. The van der Waals surface area contributed by atoms with Crippen molar-refractivity contribution in [1.82, 2.24) is 10.2 Å². The molecule has 2 rings (SSSR count). The standard InChI is InChI=1S/C26H34BrClN2O3/c1-17(24(32)29-26(5,6)7)30(15-18-9-8-10-20(28)13-18)23(31)16-33-22-12-11-19(14-21(22)27)25(2,3)4/h8-14,17H,15-16H2,1-7H3,(H,29,32)/t17-/m1/s1. The lowest BCUT2D eigenvalue weighted by Gasteiger charge is -2.31. The molecular formula is C26H34BrClN2O3. The van der Waals surface area contributed by atoms with Crippen molar-refractivity contribution in [2.24, 2.45) is 0 Å². The monoisotopic (exact) mass is 536 g/mol. The van der Waals surface area contributed by atoms with Crippen LogP contribution in [-0.2, 0) is 21.5 Å². The second kappa shape index (κ2) is 10.9. The van der Waals surface area contributed by atoms with Crippen LogP contribution in [0.2, 0.25) is 5.02 Å². The van der Waals surface area contributed by atoms with E-state index in [2.05, 4.69) is 42.0 Å². The quantitative estimate of drug-likeness (QED) is 0.463. The van der Waals surface area contributed by atoms with E-state index in [4.69, 9.17) is 16.3 Å². The van der Waals surface area contributed by atoms with Crippen LogP contribution >= 0.6 is 27.5 Å². The Morgan fingerprint density at radius 1 is 1.09 bits per heavy atom. The van der Waals surface area contributed by atoms with E-state index in [0.717, 1.165) is 15.6 Å². The molecule has 5 nitrogen and oxygen atoms in total. The summed E-state index contributed by atoms with van der Waals surface area (Å²) in [5.41, 5.74) is 1.58. The number of benzene rings is 2. The molecule has 180 valence electrons. The molecule has 1 N–H and O–H groups in total. The summed E-state index contributed by atoms with van der Waals surface area (Å²) in [6.45, 7) is 13.9. The van der Waals surface area contributed by atoms with Crippen LogP contribution in [0.4, 0.5) is 0 Å². The molecule has 0 radical (unpaired) electrons. The molecule has 0 aromatic heterocycles. The molecule has 0 aliphatic rings. The number of carbonyl (C=O) groups excluding carboxylic acids is 2. The molecule has 1 atom stereocenters. The van der Waals surface area contributed by atoms with Crippen molar-refractivity contribution in [3.63, 3.8) is 0 Å². The van der Waals surface area contributed by atoms with Gasteiger partial charge in [-0.05, 0) is 84.4 Å². The van der Waals surface area contributed by atoms with E-state index in [9.17, 15) is 9.59 Å². The lowest BCUT2D eigenvalue weighted by molar-refractivity contribution is -0.142. The van der Waals surface area contributed by atoms with Crippen LogP contribution in [0.5, 0.6) is 5.75 Å². The van der Waals surface area contributed by atoms with Gasteiger partial charge in [-0.2, -0.15) is 0 Å². The summed E-state index contributed by atoms with van der Waals surface area (Å²) in [6, 6.07) is 12.4. The Morgan fingerprint density at radius 3 is 2.30 bits per heavy atom. The van der Waals surface area contributed by atoms with Crippen LogP contribution in [-0.4, -0.2) is 34.9 Å². The van der Waals surface area contributed by atoms with Crippen LogP contribution < -0.4 is 10.1 Å². The number of ether oxygens (including phenoxy) is 1. The van der Waals surface area contributed by atoms with Crippen LogP contribution in [0.25, 0.3) is 0 Å². The average Bonchev–Trinajstić information content (AvgIpc) is 2.68. The van der Waals surface area contributed by atoms with E-state index in [0.29, 0.717) is 10.8 Å². The van der Waals surface area contributed by atoms with Crippen molar-refractivity contribution in [2.75, 3.05) is 6.61 Å². The van der Waals surface area contributed by atoms with E-state index < -0.39 is 11.6 Å². The number of nitrogens with zero attached hydrogens (tertiary/aromatic N) is 1. The molecule has 2 aromatic rings. The van der Waals surface area contributed by atoms with Gasteiger partial charge in [0, 0.05) is 17.1 Å². The highest BCUT2D eigenvalue weighted by Gasteiger charge is 2.29. The second-order valence-corrected chi connectivity index (χ2v) is 11.5. The number of amides is 2. The van der Waals surface area contributed by atoms with Crippen molar-refractivity contribution in [2.45, 2.75) is 72.0 Å². The summed E-state index contributed by atoms with van der Waals surface area (Å²) in [5, 5.41) is 3.52. The maximum absolute atomic E-state index is 13.2. The fraction of sp³-hybridized carbons (Fsp3) is 0.462. The molecule has 33 heavy (non-hydrogen) atoms. The average molecular weight is 538 g/mol. The largest absolute Gasteiger partial charge is 0.483 e. The zero-order valence-electron chi connectivity index (χ0n) is 20.5. The van der Waals surface area contributed by atoms with Gasteiger partial charge in [-0.1, -0.05) is 50.6 Å². The first-order chi connectivity index (χ1) is 15.2.